The van der Waals surface area contributed by atoms with Crippen molar-refractivity contribution < 1.29 is 39.8 Å². The van der Waals surface area contributed by atoms with Crippen LogP contribution in [0.15, 0.2) is 134 Å². The second-order valence-electron chi connectivity index (χ2n) is 22.9. The van der Waals surface area contributed by atoms with Gasteiger partial charge in [0.1, 0.15) is 24.4 Å². The van der Waals surface area contributed by atoms with E-state index in [-0.39, 0.29) is 12.5 Å². The fourth-order valence-corrected chi connectivity index (χ4v) is 9.99. The summed E-state index contributed by atoms with van der Waals surface area (Å²) in [6.45, 7) is 3.73. The number of hydrogen-bond donors (Lipinski definition) is 6. The minimum absolute atomic E-state index is 0.153. The third-order valence-corrected chi connectivity index (χ3v) is 15.3. The molecule has 0 saturated carbocycles. The molecule has 1 saturated heterocycles. The lowest BCUT2D eigenvalue weighted by Gasteiger charge is -2.40. The van der Waals surface area contributed by atoms with Crippen molar-refractivity contribution in [1.29, 1.82) is 0 Å². The van der Waals surface area contributed by atoms with Gasteiger partial charge in [-0.1, -0.05) is 302 Å². The summed E-state index contributed by atoms with van der Waals surface area (Å²) in [5.41, 5.74) is 0. The number of aliphatic hydroxyl groups excluding tert-OH is 5. The number of aliphatic hydroxyl groups is 5. The summed E-state index contributed by atoms with van der Waals surface area (Å²) in [6, 6.07) is -0.741. The second kappa shape index (κ2) is 61.4. The highest BCUT2D eigenvalue weighted by Gasteiger charge is 2.44. The molecule has 7 atom stereocenters. The van der Waals surface area contributed by atoms with Crippen LogP contribution >= 0.6 is 0 Å². The predicted molar refractivity (Wildman–Crippen MR) is 354 cm³/mol. The molecule has 1 rings (SSSR count). The first-order valence-corrected chi connectivity index (χ1v) is 33.9. The van der Waals surface area contributed by atoms with Gasteiger partial charge in [-0.2, -0.15) is 0 Å². The van der Waals surface area contributed by atoms with Gasteiger partial charge in [0.2, 0.25) is 5.91 Å². The molecule has 1 aliphatic heterocycles. The Morgan fingerprint density at radius 1 is 0.422 bits per heavy atom. The van der Waals surface area contributed by atoms with Gasteiger partial charge in [-0.25, -0.2) is 0 Å². The lowest BCUT2D eigenvalue weighted by molar-refractivity contribution is -0.302. The molecule has 0 aromatic rings. The van der Waals surface area contributed by atoms with Gasteiger partial charge in [0.15, 0.2) is 6.29 Å². The van der Waals surface area contributed by atoms with Crippen molar-refractivity contribution in [2.45, 2.75) is 314 Å². The van der Waals surface area contributed by atoms with E-state index in [1.807, 2.05) is 0 Å². The zero-order valence-corrected chi connectivity index (χ0v) is 52.9. The highest BCUT2D eigenvalue weighted by atomic mass is 16.7. The lowest BCUT2D eigenvalue weighted by Crippen LogP contribution is -2.60. The van der Waals surface area contributed by atoms with Gasteiger partial charge in [0, 0.05) is 6.42 Å². The van der Waals surface area contributed by atoms with Gasteiger partial charge in [0.25, 0.3) is 0 Å². The Hall–Kier alpha value is -3.67. The summed E-state index contributed by atoms with van der Waals surface area (Å²) in [6.07, 6.45) is 86.4. The average Bonchev–Trinajstić information content (AvgIpc) is 3.60. The SMILES string of the molecule is CC/C=C\C/C=C\C/C=C\C/C=C\C/C=C\C/C=C\C/C=C\C/C=C\C/C=C\C/C=C\C/C=C\CCCCCCCC(=O)NC(COC1OC(CO)C(O)C(O)C1O)C(O)CCCCCCCCCCCCCCCCCCCCCCC. The Bertz CT molecular complexity index is 1770. The highest BCUT2D eigenvalue weighted by molar-refractivity contribution is 5.76. The second-order valence-corrected chi connectivity index (χ2v) is 22.9. The number of allylic oxidation sites excluding steroid dienone is 22. The standard InChI is InChI=1S/C74H125NO8/c1-3-5-7-9-11-13-15-17-19-21-23-25-26-27-28-29-30-31-32-33-34-35-36-37-38-39-40-41-42-44-46-48-50-52-54-56-58-60-62-64-70(78)75-67(66-82-74-73(81)72(80)71(79)69(65-76)83-74)68(77)63-61-59-57-55-53-51-49-47-45-43-24-22-20-18-16-14-12-10-8-6-4-2/h5,7,11,13,17,19,23,25,27-28,30-31,33-34,36-37,39-40,42,44,48,50,67-69,71-74,76-77,79-81H,3-4,6,8-10,12,14-16,18,20-22,24,26,29,32,35,38,41,43,45-47,49,51-66H2,1-2H3,(H,75,78)/b7-5-,13-11-,19-17-,25-23-,28-27-,31-30-,34-33-,37-36-,40-39-,44-42-,50-48-. The van der Waals surface area contributed by atoms with Crippen LogP contribution in [0.25, 0.3) is 0 Å². The molecule has 9 heteroatoms. The smallest absolute Gasteiger partial charge is 0.220 e. The van der Waals surface area contributed by atoms with E-state index < -0.39 is 49.5 Å². The molecule has 83 heavy (non-hydrogen) atoms. The summed E-state index contributed by atoms with van der Waals surface area (Å²) in [5.74, 6) is -0.166. The fourth-order valence-electron chi connectivity index (χ4n) is 9.99. The maximum atomic E-state index is 13.1. The Balaban J connectivity index is 2.18. The number of carbonyl (C=O) groups excluding carboxylic acids is 1. The number of carbonyl (C=O) groups is 1. The molecule has 1 amide bonds. The molecule has 0 bridgehead atoms. The number of unbranched alkanes of at least 4 members (excludes halogenated alkanes) is 25. The zero-order valence-electron chi connectivity index (χ0n) is 52.9. The predicted octanol–water partition coefficient (Wildman–Crippen LogP) is 18.4. The number of rotatable bonds is 57. The van der Waals surface area contributed by atoms with E-state index in [0.29, 0.717) is 12.8 Å². The lowest BCUT2D eigenvalue weighted by atomic mass is 9.99. The van der Waals surface area contributed by atoms with E-state index in [2.05, 4.69) is 153 Å². The van der Waals surface area contributed by atoms with Crippen molar-refractivity contribution >= 4 is 5.91 Å². The molecular formula is C74H125NO8. The summed E-state index contributed by atoms with van der Waals surface area (Å²) >= 11 is 0. The van der Waals surface area contributed by atoms with E-state index in [9.17, 15) is 30.3 Å². The van der Waals surface area contributed by atoms with E-state index in [1.54, 1.807) is 0 Å². The van der Waals surface area contributed by atoms with Crippen molar-refractivity contribution in [3.63, 3.8) is 0 Å². The van der Waals surface area contributed by atoms with Gasteiger partial charge < -0.3 is 40.3 Å². The van der Waals surface area contributed by atoms with Gasteiger partial charge in [-0.05, 0) is 96.3 Å². The minimum atomic E-state index is -1.57. The normalized spacial score (nSPS) is 19.1. The quantitative estimate of drug-likeness (QED) is 0.0261. The molecule has 6 N–H and O–H groups in total. The van der Waals surface area contributed by atoms with Crippen molar-refractivity contribution in [2.75, 3.05) is 13.2 Å². The van der Waals surface area contributed by atoms with E-state index in [1.165, 1.54) is 116 Å². The Morgan fingerprint density at radius 2 is 0.747 bits per heavy atom. The maximum absolute atomic E-state index is 13.1. The molecule has 7 unspecified atom stereocenters. The maximum Gasteiger partial charge on any atom is 0.220 e. The van der Waals surface area contributed by atoms with Crippen LogP contribution in [0.4, 0.5) is 0 Å². The first kappa shape index (κ1) is 77.3. The summed E-state index contributed by atoms with van der Waals surface area (Å²) in [4.78, 5) is 13.1. The Labute approximate surface area is 509 Å². The topological polar surface area (TPSA) is 149 Å². The highest BCUT2D eigenvalue weighted by Crippen LogP contribution is 2.23. The Kier molecular flexibility index (Phi) is 57.2. The van der Waals surface area contributed by atoms with Crippen LogP contribution in [-0.4, -0.2) is 87.5 Å². The molecule has 0 aromatic carbocycles. The Morgan fingerprint density at radius 3 is 1.11 bits per heavy atom. The number of amides is 1. The van der Waals surface area contributed by atoms with E-state index in [0.717, 1.165) is 128 Å². The van der Waals surface area contributed by atoms with Crippen LogP contribution < -0.4 is 5.32 Å². The van der Waals surface area contributed by atoms with Gasteiger partial charge in [-0.3, -0.25) is 4.79 Å². The van der Waals surface area contributed by atoms with Crippen LogP contribution in [0.2, 0.25) is 0 Å². The third kappa shape index (κ3) is 50.2. The van der Waals surface area contributed by atoms with Crippen LogP contribution in [0.5, 0.6) is 0 Å². The first-order valence-electron chi connectivity index (χ1n) is 33.9. The molecule has 0 aromatic heterocycles. The van der Waals surface area contributed by atoms with Gasteiger partial charge in [0.05, 0.1) is 25.4 Å². The summed E-state index contributed by atoms with van der Waals surface area (Å²) < 4.78 is 11.3. The summed E-state index contributed by atoms with van der Waals surface area (Å²) in [7, 11) is 0. The number of hydrogen-bond acceptors (Lipinski definition) is 8. The molecule has 9 nitrogen and oxygen atoms in total. The van der Waals surface area contributed by atoms with Crippen molar-refractivity contribution in [1.82, 2.24) is 5.32 Å². The monoisotopic (exact) mass is 1160 g/mol. The molecule has 1 fully saturated rings. The molecule has 1 heterocycles. The van der Waals surface area contributed by atoms with Crippen LogP contribution in [0.1, 0.15) is 271 Å². The zero-order chi connectivity index (χ0) is 60.0. The van der Waals surface area contributed by atoms with Gasteiger partial charge >= 0.3 is 0 Å². The van der Waals surface area contributed by atoms with E-state index in [4.69, 9.17) is 9.47 Å². The fraction of sp³-hybridized carbons (Fsp3) is 0.689. The molecular weight excluding hydrogens is 1030 g/mol. The van der Waals surface area contributed by atoms with Crippen LogP contribution in [-0.2, 0) is 14.3 Å². The minimum Gasteiger partial charge on any atom is -0.394 e. The molecule has 474 valence electrons. The van der Waals surface area contributed by atoms with Crippen LogP contribution in [0.3, 0.4) is 0 Å². The molecule has 1 aliphatic rings. The largest absolute Gasteiger partial charge is 0.394 e. The molecule has 0 aliphatic carbocycles. The third-order valence-electron chi connectivity index (χ3n) is 15.3. The van der Waals surface area contributed by atoms with Crippen molar-refractivity contribution in [3.8, 4) is 0 Å². The first-order chi connectivity index (χ1) is 40.8. The molecule has 0 radical (unpaired) electrons. The molecule has 0 spiro atoms. The average molecular weight is 1160 g/mol. The van der Waals surface area contributed by atoms with E-state index >= 15 is 0 Å². The summed E-state index contributed by atoms with van der Waals surface area (Å²) in [5, 5.41) is 54.8. The number of nitrogens with one attached hydrogen (secondary N) is 1. The van der Waals surface area contributed by atoms with Gasteiger partial charge in [-0.15, -0.1) is 0 Å². The number of ether oxygens (including phenoxy) is 2. The van der Waals surface area contributed by atoms with Crippen molar-refractivity contribution in [2.24, 2.45) is 0 Å². The van der Waals surface area contributed by atoms with Crippen molar-refractivity contribution in [3.05, 3.63) is 134 Å². The van der Waals surface area contributed by atoms with Crippen LogP contribution in [0, 0.1) is 0 Å².